The molecule has 1 aliphatic rings. The van der Waals surface area contributed by atoms with E-state index in [1.165, 1.54) is 25.3 Å². The first-order valence-corrected chi connectivity index (χ1v) is 7.96. The number of methoxy groups -OCH3 is 1. The highest BCUT2D eigenvalue weighted by Gasteiger charge is 2.37. The molecule has 0 atom stereocenters. The van der Waals surface area contributed by atoms with Gasteiger partial charge in [0, 0.05) is 24.2 Å². The first kappa shape index (κ1) is 17.1. The maximum Gasteiger partial charge on any atom is 0.266 e. The maximum absolute atomic E-state index is 12.6. The molecular formula is C18H15ClN2O4. The second kappa shape index (κ2) is 7.04. The van der Waals surface area contributed by atoms with Crippen molar-refractivity contribution in [1.82, 2.24) is 5.32 Å². The Kier molecular flexibility index (Phi) is 4.83. The molecule has 0 fully saturated rings. The van der Waals surface area contributed by atoms with Crippen molar-refractivity contribution >= 4 is 35.0 Å². The predicted molar refractivity (Wildman–Crippen MR) is 93.2 cm³/mol. The van der Waals surface area contributed by atoms with Crippen LogP contribution in [0.15, 0.2) is 42.5 Å². The van der Waals surface area contributed by atoms with Crippen molar-refractivity contribution in [3.8, 4) is 0 Å². The molecule has 3 amide bonds. The Labute approximate surface area is 149 Å². The maximum atomic E-state index is 12.6. The van der Waals surface area contributed by atoms with E-state index in [4.69, 9.17) is 16.3 Å². The van der Waals surface area contributed by atoms with Gasteiger partial charge < -0.3 is 10.1 Å². The largest absolute Gasteiger partial charge is 0.383 e. The van der Waals surface area contributed by atoms with Crippen molar-refractivity contribution in [2.75, 3.05) is 25.2 Å². The summed E-state index contributed by atoms with van der Waals surface area (Å²) in [5.41, 5.74) is 1.23. The van der Waals surface area contributed by atoms with Gasteiger partial charge in [-0.1, -0.05) is 11.6 Å². The number of hydrogen-bond acceptors (Lipinski definition) is 4. The Bertz CT molecular complexity index is 849. The number of carbonyl (C=O) groups excluding carboxylic acids is 3. The molecule has 0 saturated carbocycles. The van der Waals surface area contributed by atoms with Crippen LogP contribution in [0.25, 0.3) is 0 Å². The first-order valence-electron chi connectivity index (χ1n) is 7.58. The van der Waals surface area contributed by atoms with Gasteiger partial charge in [0.1, 0.15) is 0 Å². The molecule has 1 heterocycles. The fourth-order valence-corrected chi connectivity index (χ4v) is 2.70. The summed E-state index contributed by atoms with van der Waals surface area (Å²) in [5.74, 6) is -1.22. The molecule has 2 aromatic carbocycles. The molecule has 2 aromatic rings. The summed E-state index contributed by atoms with van der Waals surface area (Å²) in [6.45, 7) is 0.745. The van der Waals surface area contributed by atoms with Crippen LogP contribution in [0.5, 0.6) is 0 Å². The van der Waals surface area contributed by atoms with E-state index in [0.717, 1.165) is 4.90 Å². The molecule has 3 rings (SSSR count). The van der Waals surface area contributed by atoms with Crippen molar-refractivity contribution in [3.05, 3.63) is 64.2 Å². The highest BCUT2D eigenvalue weighted by molar-refractivity contribution is 6.35. The molecule has 0 aromatic heterocycles. The van der Waals surface area contributed by atoms with Crippen molar-refractivity contribution in [1.29, 1.82) is 0 Å². The summed E-state index contributed by atoms with van der Waals surface area (Å²) in [4.78, 5) is 38.4. The van der Waals surface area contributed by atoms with E-state index in [0.29, 0.717) is 29.4 Å². The van der Waals surface area contributed by atoms with Gasteiger partial charge in [-0.2, -0.15) is 0 Å². The molecule has 0 aliphatic carbocycles. The van der Waals surface area contributed by atoms with E-state index in [9.17, 15) is 14.4 Å². The Morgan fingerprint density at radius 1 is 1.08 bits per heavy atom. The van der Waals surface area contributed by atoms with Crippen LogP contribution in [0, 0.1) is 0 Å². The Hall–Kier alpha value is -2.70. The number of anilines is 1. The quantitative estimate of drug-likeness (QED) is 0.658. The summed E-state index contributed by atoms with van der Waals surface area (Å²) >= 11 is 5.85. The third-order valence-corrected chi connectivity index (χ3v) is 4.08. The van der Waals surface area contributed by atoms with Crippen LogP contribution in [-0.2, 0) is 4.74 Å². The van der Waals surface area contributed by atoms with Crippen LogP contribution >= 0.6 is 11.6 Å². The molecule has 0 saturated heterocycles. The van der Waals surface area contributed by atoms with Gasteiger partial charge in [-0.3, -0.25) is 14.4 Å². The Balaban J connectivity index is 1.88. The minimum Gasteiger partial charge on any atom is -0.383 e. The number of nitrogens with one attached hydrogen (secondary N) is 1. The van der Waals surface area contributed by atoms with Gasteiger partial charge in [0.05, 0.1) is 23.4 Å². The zero-order valence-corrected chi connectivity index (χ0v) is 14.2. The number of rotatable bonds is 5. The normalized spacial score (nSPS) is 13.1. The topological polar surface area (TPSA) is 75.7 Å². The second-order valence-corrected chi connectivity index (χ2v) is 5.87. The van der Waals surface area contributed by atoms with Crippen molar-refractivity contribution in [2.45, 2.75) is 0 Å². The van der Waals surface area contributed by atoms with Crippen molar-refractivity contribution < 1.29 is 19.1 Å². The Morgan fingerprint density at radius 2 is 1.76 bits per heavy atom. The van der Waals surface area contributed by atoms with Crippen LogP contribution in [-0.4, -0.2) is 38.0 Å². The molecule has 1 aliphatic heterocycles. The molecule has 1 N–H and O–H groups in total. The summed E-state index contributed by atoms with van der Waals surface area (Å²) in [7, 11) is 1.54. The van der Waals surface area contributed by atoms with Crippen LogP contribution in [0.1, 0.15) is 31.1 Å². The monoisotopic (exact) mass is 358 g/mol. The van der Waals surface area contributed by atoms with Gasteiger partial charge in [0.25, 0.3) is 17.7 Å². The molecule has 0 unspecified atom stereocenters. The van der Waals surface area contributed by atoms with E-state index in [1.807, 2.05) is 0 Å². The number of halogens is 1. The number of benzene rings is 2. The lowest BCUT2D eigenvalue weighted by atomic mass is 10.1. The number of imide groups is 1. The highest BCUT2D eigenvalue weighted by Crippen LogP contribution is 2.29. The smallest absolute Gasteiger partial charge is 0.266 e. The van der Waals surface area contributed by atoms with Gasteiger partial charge in [0.15, 0.2) is 0 Å². The number of nitrogens with zero attached hydrogens (tertiary/aromatic N) is 1. The van der Waals surface area contributed by atoms with Gasteiger partial charge >= 0.3 is 0 Å². The van der Waals surface area contributed by atoms with E-state index in [2.05, 4.69) is 5.32 Å². The van der Waals surface area contributed by atoms with Crippen molar-refractivity contribution in [3.63, 3.8) is 0 Å². The number of fused-ring (bicyclic) bond motifs is 1. The van der Waals surface area contributed by atoms with Crippen LogP contribution in [0.3, 0.4) is 0 Å². The molecule has 25 heavy (non-hydrogen) atoms. The Morgan fingerprint density at radius 3 is 2.44 bits per heavy atom. The lowest BCUT2D eigenvalue weighted by Crippen LogP contribution is -2.29. The molecule has 0 spiro atoms. The number of hydrogen-bond donors (Lipinski definition) is 1. The van der Waals surface area contributed by atoms with E-state index in [1.54, 1.807) is 24.3 Å². The SMILES string of the molecule is COCCNC(=O)c1ccc2c(c1)C(=O)N(c1ccc(Cl)cc1)C2=O. The zero-order valence-electron chi connectivity index (χ0n) is 13.4. The standard InChI is InChI=1S/C18H15ClN2O4/c1-25-9-8-20-16(22)11-2-7-14-15(10-11)18(24)21(17(14)23)13-5-3-12(19)4-6-13/h2-7,10H,8-9H2,1H3,(H,20,22). The zero-order chi connectivity index (χ0) is 18.0. The molecule has 0 bridgehead atoms. The molecule has 6 nitrogen and oxygen atoms in total. The first-order chi connectivity index (χ1) is 12.0. The van der Waals surface area contributed by atoms with Gasteiger partial charge in [-0.15, -0.1) is 0 Å². The van der Waals surface area contributed by atoms with Gasteiger partial charge in [-0.05, 0) is 42.5 Å². The molecular weight excluding hydrogens is 344 g/mol. The number of amides is 3. The fourth-order valence-electron chi connectivity index (χ4n) is 2.58. The van der Waals surface area contributed by atoms with Crippen LogP contribution < -0.4 is 10.2 Å². The predicted octanol–water partition coefficient (Wildman–Crippen LogP) is 2.52. The third kappa shape index (κ3) is 3.26. The summed E-state index contributed by atoms with van der Waals surface area (Å²) in [6, 6.07) is 10.9. The fraction of sp³-hybridized carbons (Fsp3) is 0.167. The summed E-state index contributed by atoms with van der Waals surface area (Å²) < 4.78 is 4.88. The molecule has 128 valence electrons. The minimum absolute atomic E-state index is 0.208. The van der Waals surface area contributed by atoms with E-state index >= 15 is 0 Å². The highest BCUT2D eigenvalue weighted by atomic mass is 35.5. The summed E-state index contributed by atoms with van der Waals surface area (Å²) in [5, 5.41) is 3.19. The average molecular weight is 359 g/mol. The number of carbonyl (C=O) groups is 3. The van der Waals surface area contributed by atoms with Gasteiger partial charge in [-0.25, -0.2) is 4.90 Å². The third-order valence-electron chi connectivity index (χ3n) is 3.83. The van der Waals surface area contributed by atoms with Crippen molar-refractivity contribution in [2.24, 2.45) is 0 Å². The van der Waals surface area contributed by atoms with Gasteiger partial charge in [0.2, 0.25) is 0 Å². The van der Waals surface area contributed by atoms with Crippen LogP contribution in [0.4, 0.5) is 5.69 Å². The minimum atomic E-state index is -0.464. The van der Waals surface area contributed by atoms with E-state index in [-0.39, 0.29) is 17.0 Å². The second-order valence-electron chi connectivity index (χ2n) is 5.43. The molecule has 0 radical (unpaired) electrons. The average Bonchev–Trinajstić information content (AvgIpc) is 2.86. The lowest BCUT2D eigenvalue weighted by molar-refractivity contribution is 0.0921. The number of ether oxygens (including phenoxy) is 1. The lowest BCUT2D eigenvalue weighted by Gasteiger charge is -2.13. The molecule has 7 heteroatoms. The summed E-state index contributed by atoms with van der Waals surface area (Å²) in [6.07, 6.45) is 0. The van der Waals surface area contributed by atoms with E-state index < -0.39 is 11.8 Å². The van der Waals surface area contributed by atoms with Crippen LogP contribution in [0.2, 0.25) is 5.02 Å².